The quantitative estimate of drug-likeness (QED) is 0.788. The highest BCUT2D eigenvalue weighted by Gasteiger charge is 2.40. The first-order valence-electron chi connectivity index (χ1n) is 8.67. The topological polar surface area (TPSA) is 69.9 Å². The number of halogens is 2. The van der Waals surface area contributed by atoms with Crippen LogP contribution in [-0.4, -0.2) is 77.9 Å². The van der Waals surface area contributed by atoms with Crippen LogP contribution in [0.1, 0.15) is 38.5 Å². The average molecular weight is 381 g/mol. The van der Waals surface area contributed by atoms with Gasteiger partial charge in [-0.3, -0.25) is 14.5 Å². The summed E-state index contributed by atoms with van der Waals surface area (Å²) in [4.78, 5) is 30.8. The zero-order chi connectivity index (χ0) is 15.6. The molecular formula is C16H30Cl2N4O2. The van der Waals surface area contributed by atoms with Gasteiger partial charge in [0.2, 0.25) is 11.8 Å². The van der Waals surface area contributed by atoms with Gasteiger partial charge in [-0.2, -0.15) is 0 Å². The Labute approximate surface area is 156 Å². The molecule has 2 saturated heterocycles. The standard InChI is InChI=1S/C16H28N4O2.2ClH/c17-16(5-1-2-6-16)15(22)20-11-9-18(10-12-20)13-14(21)19-7-3-4-8-19;;/h1-13,17H2;2*1H. The largest absolute Gasteiger partial charge is 0.342 e. The molecule has 2 amide bonds. The molecule has 1 saturated carbocycles. The molecule has 0 unspecified atom stereocenters. The average Bonchev–Trinajstić information content (AvgIpc) is 3.19. The predicted octanol–water partition coefficient (Wildman–Crippen LogP) is 0.868. The van der Waals surface area contributed by atoms with E-state index >= 15 is 0 Å². The number of amides is 2. The highest BCUT2D eigenvalue weighted by Crippen LogP contribution is 2.29. The third-order valence-corrected chi connectivity index (χ3v) is 5.40. The van der Waals surface area contributed by atoms with E-state index < -0.39 is 5.54 Å². The van der Waals surface area contributed by atoms with E-state index in [1.54, 1.807) is 0 Å². The second kappa shape index (κ2) is 9.22. The molecule has 140 valence electrons. The summed E-state index contributed by atoms with van der Waals surface area (Å²) in [5.41, 5.74) is 5.65. The molecule has 0 spiro atoms. The highest BCUT2D eigenvalue weighted by molar-refractivity contribution is 5.86. The number of piperazine rings is 1. The number of nitrogens with zero attached hydrogens (tertiary/aromatic N) is 3. The van der Waals surface area contributed by atoms with Gasteiger partial charge in [0.25, 0.3) is 0 Å². The zero-order valence-corrected chi connectivity index (χ0v) is 15.9. The van der Waals surface area contributed by atoms with E-state index in [1.807, 2.05) is 9.80 Å². The predicted molar refractivity (Wildman–Crippen MR) is 98.7 cm³/mol. The van der Waals surface area contributed by atoms with Crippen LogP contribution < -0.4 is 5.73 Å². The third kappa shape index (κ3) is 4.75. The van der Waals surface area contributed by atoms with E-state index in [1.165, 1.54) is 0 Å². The third-order valence-electron chi connectivity index (χ3n) is 5.40. The van der Waals surface area contributed by atoms with Gasteiger partial charge in [-0.15, -0.1) is 24.8 Å². The maximum absolute atomic E-state index is 12.6. The Morgan fingerprint density at radius 2 is 1.33 bits per heavy atom. The molecule has 2 N–H and O–H groups in total. The van der Waals surface area contributed by atoms with Crippen LogP contribution in [0, 0.1) is 0 Å². The summed E-state index contributed by atoms with van der Waals surface area (Å²) in [6.45, 7) is 5.27. The molecule has 8 heteroatoms. The second-order valence-corrected chi connectivity index (χ2v) is 7.02. The molecule has 3 aliphatic rings. The van der Waals surface area contributed by atoms with Crippen LogP contribution in [0.3, 0.4) is 0 Å². The fraction of sp³-hybridized carbons (Fsp3) is 0.875. The minimum atomic E-state index is -0.618. The minimum Gasteiger partial charge on any atom is -0.342 e. The van der Waals surface area contributed by atoms with Gasteiger partial charge >= 0.3 is 0 Å². The number of likely N-dealkylation sites (tertiary alicyclic amines) is 1. The summed E-state index contributed by atoms with van der Waals surface area (Å²) in [5.74, 6) is 0.360. The molecule has 0 atom stereocenters. The van der Waals surface area contributed by atoms with E-state index in [-0.39, 0.29) is 36.6 Å². The number of rotatable bonds is 3. The molecule has 2 heterocycles. The Hall–Kier alpha value is -0.560. The molecule has 3 fully saturated rings. The van der Waals surface area contributed by atoms with Gasteiger partial charge in [-0.25, -0.2) is 0 Å². The minimum absolute atomic E-state index is 0. The Morgan fingerprint density at radius 3 is 1.88 bits per heavy atom. The van der Waals surface area contributed by atoms with Gasteiger partial charge in [0.1, 0.15) is 0 Å². The van der Waals surface area contributed by atoms with Crippen molar-refractivity contribution in [2.24, 2.45) is 5.73 Å². The van der Waals surface area contributed by atoms with E-state index in [4.69, 9.17) is 5.73 Å². The van der Waals surface area contributed by atoms with Crippen molar-refractivity contribution in [3.8, 4) is 0 Å². The molecular weight excluding hydrogens is 351 g/mol. The van der Waals surface area contributed by atoms with Crippen molar-refractivity contribution in [2.75, 3.05) is 45.8 Å². The van der Waals surface area contributed by atoms with Crippen molar-refractivity contribution in [3.63, 3.8) is 0 Å². The molecule has 1 aliphatic carbocycles. The smallest absolute Gasteiger partial charge is 0.242 e. The van der Waals surface area contributed by atoms with Crippen molar-refractivity contribution in [3.05, 3.63) is 0 Å². The molecule has 2 aliphatic heterocycles. The van der Waals surface area contributed by atoms with Gasteiger partial charge in [0.15, 0.2) is 0 Å². The van der Waals surface area contributed by atoms with Gasteiger partial charge in [-0.1, -0.05) is 12.8 Å². The molecule has 0 bridgehead atoms. The number of carbonyl (C=O) groups is 2. The second-order valence-electron chi connectivity index (χ2n) is 7.02. The monoisotopic (exact) mass is 380 g/mol. The van der Waals surface area contributed by atoms with E-state index in [2.05, 4.69) is 4.90 Å². The highest BCUT2D eigenvalue weighted by atomic mass is 35.5. The first-order valence-corrected chi connectivity index (χ1v) is 8.67. The first-order chi connectivity index (χ1) is 10.6. The normalized spacial score (nSPS) is 23.5. The van der Waals surface area contributed by atoms with Gasteiger partial charge in [-0.05, 0) is 25.7 Å². The van der Waals surface area contributed by atoms with Crippen molar-refractivity contribution in [1.29, 1.82) is 0 Å². The van der Waals surface area contributed by atoms with Crippen molar-refractivity contribution in [1.82, 2.24) is 14.7 Å². The Balaban J connectivity index is 0.00000144. The summed E-state index contributed by atoms with van der Waals surface area (Å²) in [5, 5.41) is 0. The fourth-order valence-electron chi connectivity index (χ4n) is 3.90. The van der Waals surface area contributed by atoms with Crippen molar-refractivity contribution >= 4 is 36.6 Å². The lowest BCUT2D eigenvalue weighted by atomic mass is 9.97. The fourth-order valence-corrected chi connectivity index (χ4v) is 3.90. The summed E-state index contributed by atoms with van der Waals surface area (Å²) >= 11 is 0. The van der Waals surface area contributed by atoms with Crippen LogP contribution in [0.4, 0.5) is 0 Å². The van der Waals surface area contributed by atoms with Crippen molar-refractivity contribution < 1.29 is 9.59 Å². The van der Waals surface area contributed by atoms with Gasteiger partial charge in [0.05, 0.1) is 12.1 Å². The summed E-state index contributed by atoms with van der Waals surface area (Å²) in [6, 6.07) is 0. The lowest BCUT2D eigenvalue weighted by Gasteiger charge is -2.38. The molecule has 0 aromatic carbocycles. The Bertz CT molecular complexity index is 430. The maximum Gasteiger partial charge on any atom is 0.242 e. The lowest BCUT2D eigenvalue weighted by molar-refractivity contribution is -0.139. The van der Waals surface area contributed by atoms with E-state index in [0.717, 1.165) is 64.7 Å². The number of hydrogen-bond acceptors (Lipinski definition) is 4. The molecule has 0 aromatic rings. The maximum atomic E-state index is 12.6. The van der Waals surface area contributed by atoms with E-state index in [9.17, 15) is 9.59 Å². The van der Waals surface area contributed by atoms with E-state index in [0.29, 0.717) is 19.6 Å². The SMILES string of the molecule is Cl.Cl.NC1(C(=O)N2CCN(CC(=O)N3CCCC3)CC2)CCCC1. The van der Waals surface area contributed by atoms with Crippen LogP contribution in [0.5, 0.6) is 0 Å². The summed E-state index contributed by atoms with van der Waals surface area (Å²) in [7, 11) is 0. The molecule has 0 aromatic heterocycles. The van der Waals surface area contributed by atoms with Crippen molar-refractivity contribution in [2.45, 2.75) is 44.1 Å². The van der Waals surface area contributed by atoms with Crippen LogP contribution in [0.2, 0.25) is 0 Å². The Kier molecular flexibility index (Phi) is 8.26. The first kappa shape index (κ1) is 21.5. The van der Waals surface area contributed by atoms with Crippen LogP contribution in [0.25, 0.3) is 0 Å². The van der Waals surface area contributed by atoms with Crippen LogP contribution in [0.15, 0.2) is 0 Å². The summed E-state index contributed by atoms with van der Waals surface area (Å²) in [6.07, 6.45) is 6.03. The molecule has 24 heavy (non-hydrogen) atoms. The molecule has 0 radical (unpaired) electrons. The number of hydrogen-bond donors (Lipinski definition) is 1. The zero-order valence-electron chi connectivity index (χ0n) is 14.2. The molecule has 6 nitrogen and oxygen atoms in total. The van der Waals surface area contributed by atoms with Gasteiger partial charge in [0, 0.05) is 39.3 Å². The number of nitrogens with two attached hydrogens (primary N) is 1. The lowest BCUT2D eigenvalue weighted by Crippen LogP contribution is -2.59. The Morgan fingerprint density at radius 1 is 0.792 bits per heavy atom. The van der Waals surface area contributed by atoms with Crippen LogP contribution >= 0.6 is 24.8 Å². The van der Waals surface area contributed by atoms with Crippen LogP contribution in [-0.2, 0) is 9.59 Å². The molecule has 3 rings (SSSR count). The van der Waals surface area contributed by atoms with Gasteiger partial charge < -0.3 is 15.5 Å². The number of carbonyl (C=O) groups excluding carboxylic acids is 2. The summed E-state index contributed by atoms with van der Waals surface area (Å²) < 4.78 is 0.